The van der Waals surface area contributed by atoms with Gasteiger partial charge in [0.15, 0.2) is 0 Å². The van der Waals surface area contributed by atoms with Gasteiger partial charge in [0, 0.05) is 11.5 Å². The molecule has 3 aromatic rings. The van der Waals surface area contributed by atoms with Crippen molar-refractivity contribution < 1.29 is 19.4 Å². The molecule has 0 radical (unpaired) electrons. The molecule has 0 saturated carbocycles. The number of carboxylic acid groups (broad SMARTS) is 1. The standard InChI is InChI=1S/C16H9NO4/c17-8-10-7-13-11(2-1-3-15(13)21-10)9-4-5-12(16(19)20)14(18)6-9/h1-7,18H,(H,19,20). The van der Waals surface area contributed by atoms with Crippen LogP contribution in [0.3, 0.4) is 0 Å². The average Bonchev–Trinajstić information content (AvgIpc) is 2.89. The lowest BCUT2D eigenvalue weighted by Crippen LogP contribution is -1.96. The Hall–Kier alpha value is -3.26. The van der Waals surface area contributed by atoms with Crippen LogP contribution < -0.4 is 0 Å². The van der Waals surface area contributed by atoms with Crippen LogP contribution in [0.15, 0.2) is 46.9 Å². The van der Waals surface area contributed by atoms with Crippen molar-refractivity contribution in [3.05, 3.63) is 53.8 Å². The summed E-state index contributed by atoms with van der Waals surface area (Å²) in [4.78, 5) is 10.9. The van der Waals surface area contributed by atoms with Crippen molar-refractivity contribution in [2.24, 2.45) is 0 Å². The van der Waals surface area contributed by atoms with E-state index in [9.17, 15) is 9.90 Å². The normalized spacial score (nSPS) is 10.4. The molecule has 0 aliphatic heterocycles. The fourth-order valence-electron chi connectivity index (χ4n) is 2.25. The number of benzene rings is 2. The molecule has 0 amide bonds. The molecule has 0 unspecified atom stereocenters. The number of hydrogen-bond donors (Lipinski definition) is 2. The van der Waals surface area contributed by atoms with E-state index in [0.717, 1.165) is 10.9 Å². The molecule has 21 heavy (non-hydrogen) atoms. The Morgan fingerprint density at radius 3 is 2.67 bits per heavy atom. The van der Waals surface area contributed by atoms with Crippen LogP contribution in [0.5, 0.6) is 5.75 Å². The van der Waals surface area contributed by atoms with Gasteiger partial charge in [0.25, 0.3) is 0 Å². The molecule has 102 valence electrons. The predicted molar refractivity (Wildman–Crippen MR) is 75.0 cm³/mol. The van der Waals surface area contributed by atoms with Crippen molar-refractivity contribution in [1.29, 1.82) is 5.26 Å². The Morgan fingerprint density at radius 2 is 2.00 bits per heavy atom. The number of fused-ring (bicyclic) bond motifs is 1. The number of hydrogen-bond acceptors (Lipinski definition) is 4. The highest BCUT2D eigenvalue weighted by Crippen LogP contribution is 2.33. The summed E-state index contributed by atoms with van der Waals surface area (Å²) in [6.45, 7) is 0. The molecule has 0 aliphatic rings. The van der Waals surface area contributed by atoms with Gasteiger partial charge in [-0.25, -0.2) is 4.79 Å². The highest BCUT2D eigenvalue weighted by Gasteiger charge is 2.13. The van der Waals surface area contributed by atoms with Crippen LogP contribution in [0.25, 0.3) is 22.1 Å². The Bertz CT molecular complexity index is 902. The number of nitrogens with zero attached hydrogens (tertiary/aromatic N) is 1. The molecule has 0 atom stereocenters. The van der Waals surface area contributed by atoms with E-state index < -0.39 is 5.97 Å². The molecule has 2 aromatic carbocycles. The molecule has 5 nitrogen and oxygen atoms in total. The second-order valence-corrected chi connectivity index (χ2v) is 4.48. The zero-order valence-corrected chi connectivity index (χ0v) is 10.7. The Balaban J connectivity index is 2.21. The van der Waals surface area contributed by atoms with Crippen molar-refractivity contribution in [3.8, 4) is 22.9 Å². The maximum Gasteiger partial charge on any atom is 0.339 e. The van der Waals surface area contributed by atoms with E-state index in [0.29, 0.717) is 11.1 Å². The van der Waals surface area contributed by atoms with Crippen LogP contribution in [-0.2, 0) is 0 Å². The zero-order chi connectivity index (χ0) is 15.0. The first kappa shape index (κ1) is 12.8. The fourth-order valence-corrected chi connectivity index (χ4v) is 2.25. The van der Waals surface area contributed by atoms with Gasteiger partial charge in [-0.2, -0.15) is 5.26 Å². The quantitative estimate of drug-likeness (QED) is 0.749. The summed E-state index contributed by atoms with van der Waals surface area (Å²) in [6.07, 6.45) is 0. The highest BCUT2D eigenvalue weighted by atomic mass is 16.4. The van der Waals surface area contributed by atoms with E-state index in [4.69, 9.17) is 14.8 Å². The smallest absolute Gasteiger partial charge is 0.339 e. The summed E-state index contributed by atoms with van der Waals surface area (Å²) in [5.74, 6) is -1.29. The maximum atomic E-state index is 10.9. The minimum Gasteiger partial charge on any atom is -0.507 e. The zero-order valence-electron chi connectivity index (χ0n) is 10.7. The van der Waals surface area contributed by atoms with Crippen LogP contribution >= 0.6 is 0 Å². The van der Waals surface area contributed by atoms with Crippen molar-refractivity contribution in [2.75, 3.05) is 0 Å². The van der Waals surface area contributed by atoms with Gasteiger partial charge in [0.05, 0.1) is 0 Å². The topological polar surface area (TPSA) is 94.5 Å². The summed E-state index contributed by atoms with van der Waals surface area (Å²) < 4.78 is 5.35. The Labute approximate surface area is 119 Å². The molecule has 5 heteroatoms. The molecule has 0 aliphatic carbocycles. The van der Waals surface area contributed by atoms with Crippen LogP contribution in [0.2, 0.25) is 0 Å². The van der Waals surface area contributed by atoms with Gasteiger partial charge in [-0.15, -0.1) is 0 Å². The van der Waals surface area contributed by atoms with E-state index in [1.54, 1.807) is 24.3 Å². The van der Waals surface area contributed by atoms with Crippen LogP contribution in [0.1, 0.15) is 16.1 Å². The molecule has 0 saturated heterocycles. The van der Waals surface area contributed by atoms with Crippen LogP contribution in [0, 0.1) is 11.3 Å². The number of rotatable bonds is 2. The lowest BCUT2D eigenvalue weighted by Gasteiger charge is -2.05. The van der Waals surface area contributed by atoms with E-state index in [2.05, 4.69) is 0 Å². The number of aromatic hydroxyl groups is 1. The number of phenols is 1. The summed E-state index contributed by atoms with van der Waals surface area (Å²) in [7, 11) is 0. The van der Waals surface area contributed by atoms with E-state index in [1.807, 2.05) is 12.1 Å². The second-order valence-electron chi connectivity index (χ2n) is 4.48. The summed E-state index contributed by atoms with van der Waals surface area (Å²) in [6, 6.07) is 13.2. The highest BCUT2D eigenvalue weighted by molar-refractivity contribution is 5.97. The first-order valence-electron chi connectivity index (χ1n) is 6.09. The predicted octanol–water partition coefficient (Wildman–Crippen LogP) is 3.38. The van der Waals surface area contributed by atoms with Crippen LogP contribution in [-0.4, -0.2) is 16.2 Å². The van der Waals surface area contributed by atoms with E-state index >= 15 is 0 Å². The first-order valence-corrected chi connectivity index (χ1v) is 6.09. The van der Waals surface area contributed by atoms with E-state index in [1.165, 1.54) is 12.1 Å². The maximum absolute atomic E-state index is 10.9. The lowest BCUT2D eigenvalue weighted by atomic mass is 10.00. The fraction of sp³-hybridized carbons (Fsp3) is 0. The molecule has 0 bridgehead atoms. The number of carboxylic acids is 1. The third kappa shape index (κ3) is 2.09. The van der Waals surface area contributed by atoms with Gasteiger partial charge in [-0.3, -0.25) is 0 Å². The molecular formula is C16H9NO4. The van der Waals surface area contributed by atoms with Gasteiger partial charge in [-0.05, 0) is 29.3 Å². The monoisotopic (exact) mass is 279 g/mol. The second kappa shape index (κ2) is 4.69. The third-order valence-corrected chi connectivity index (χ3v) is 3.21. The average molecular weight is 279 g/mol. The minimum atomic E-state index is -1.19. The Kier molecular flexibility index (Phi) is 2.85. The summed E-state index contributed by atoms with van der Waals surface area (Å²) in [5.41, 5.74) is 1.81. The van der Waals surface area contributed by atoms with Crippen molar-refractivity contribution in [1.82, 2.24) is 0 Å². The lowest BCUT2D eigenvalue weighted by molar-refractivity contribution is 0.0694. The third-order valence-electron chi connectivity index (χ3n) is 3.21. The Morgan fingerprint density at radius 1 is 1.19 bits per heavy atom. The molecule has 0 spiro atoms. The van der Waals surface area contributed by atoms with E-state index in [-0.39, 0.29) is 17.1 Å². The molecular weight excluding hydrogens is 270 g/mol. The SMILES string of the molecule is N#Cc1cc2c(-c3ccc(C(=O)O)c(O)c3)cccc2o1. The number of nitriles is 1. The number of carbonyl (C=O) groups is 1. The van der Waals surface area contributed by atoms with Gasteiger partial charge in [0.2, 0.25) is 5.76 Å². The van der Waals surface area contributed by atoms with Gasteiger partial charge in [-0.1, -0.05) is 18.2 Å². The van der Waals surface area contributed by atoms with Gasteiger partial charge < -0.3 is 14.6 Å². The molecule has 1 heterocycles. The van der Waals surface area contributed by atoms with Crippen LogP contribution in [0.4, 0.5) is 0 Å². The largest absolute Gasteiger partial charge is 0.507 e. The molecule has 2 N–H and O–H groups in total. The summed E-state index contributed by atoms with van der Waals surface area (Å²) >= 11 is 0. The minimum absolute atomic E-state index is 0.157. The summed E-state index contributed by atoms with van der Waals surface area (Å²) in [5, 5.41) is 28.3. The number of aromatic carboxylic acids is 1. The molecule has 1 aromatic heterocycles. The van der Waals surface area contributed by atoms with Crippen molar-refractivity contribution >= 4 is 16.9 Å². The number of furan rings is 1. The van der Waals surface area contributed by atoms with Crippen molar-refractivity contribution in [2.45, 2.75) is 0 Å². The van der Waals surface area contributed by atoms with Gasteiger partial charge >= 0.3 is 5.97 Å². The molecule has 0 fully saturated rings. The van der Waals surface area contributed by atoms with Crippen molar-refractivity contribution in [3.63, 3.8) is 0 Å². The van der Waals surface area contributed by atoms with Gasteiger partial charge in [0.1, 0.15) is 23.0 Å². The first-order chi connectivity index (χ1) is 10.1. The molecule has 3 rings (SSSR count).